The third kappa shape index (κ3) is 9.91. The summed E-state index contributed by atoms with van der Waals surface area (Å²) < 4.78 is 30.5. The molecule has 0 unspecified atom stereocenters. The van der Waals surface area contributed by atoms with Gasteiger partial charge in [0, 0.05) is 17.0 Å². The van der Waals surface area contributed by atoms with E-state index in [1.165, 1.54) is 13.2 Å². The van der Waals surface area contributed by atoms with Crippen LogP contribution < -0.4 is 14.8 Å². The lowest BCUT2D eigenvalue weighted by molar-refractivity contribution is 0.0979. The summed E-state index contributed by atoms with van der Waals surface area (Å²) in [4.78, 5) is 12.4. The quantitative estimate of drug-likeness (QED) is 0.314. The summed E-state index contributed by atoms with van der Waals surface area (Å²) in [6, 6.07) is 12.6. The van der Waals surface area contributed by atoms with E-state index in [1.54, 1.807) is 12.1 Å². The molecule has 0 heterocycles. The Morgan fingerprint density at radius 1 is 1.06 bits per heavy atom. The summed E-state index contributed by atoms with van der Waals surface area (Å²) >= 11 is 6.14. The molecule has 0 bridgehead atoms. The Balaban J connectivity index is 0.00000480. The van der Waals surface area contributed by atoms with Crippen molar-refractivity contribution in [3.8, 4) is 5.75 Å². The van der Waals surface area contributed by atoms with E-state index in [2.05, 4.69) is 10.0 Å². The van der Waals surface area contributed by atoms with Crippen molar-refractivity contribution in [2.45, 2.75) is 32.1 Å². The number of ether oxygens (including phenoxy) is 1. The topological polar surface area (TPSA) is 84.5 Å². The zero-order chi connectivity index (χ0) is 22.0. The van der Waals surface area contributed by atoms with Crippen LogP contribution in [-0.2, 0) is 16.4 Å². The van der Waals surface area contributed by atoms with Gasteiger partial charge in [-0.2, -0.15) is 0 Å². The van der Waals surface area contributed by atoms with Gasteiger partial charge in [-0.1, -0.05) is 36.2 Å². The van der Waals surface area contributed by atoms with Crippen LogP contribution in [0.25, 0.3) is 0 Å². The molecule has 0 saturated heterocycles. The third-order valence-electron chi connectivity index (χ3n) is 4.60. The maximum Gasteiger partial charge on any atom is 0.229 e. The van der Waals surface area contributed by atoms with Gasteiger partial charge in [0.2, 0.25) is 10.0 Å². The molecule has 9 heteroatoms. The van der Waals surface area contributed by atoms with Crippen LogP contribution in [0.4, 0.5) is 5.69 Å². The van der Waals surface area contributed by atoms with Crippen molar-refractivity contribution in [2.75, 3.05) is 31.2 Å². The monoisotopic (exact) mass is 488 g/mol. The van der Waals surface area contributed by atoms with Crippen molar-refractivity contribution in [3.05, 3.63) is 58.6 Å². The molecule has 2 N–H and O–H groups in total. The predicted octanol–water partition coefficient (Wildman–Crippen LogP) is 4.72. The zero-order valence-corrected chi connectivity index (χ0v) is 20.2. The van der Waals surface area contributed by atoms with Gasteiger partial charge in [0.25, 0.3) is 0 Å². The zero-order valence-electron chi connectivity index (χ0n) is 17.8. The summed E-state index contributed by atoms with van der Waals surface area (Å²) in [5.74, 6) is 0.362. The SMILES string of the molecule is COc1ccc(C(=O)CCCCCNCCc2ccccc2Cl)cc1NS(C)(=O)=O.Cl. The van der Waals surface area contributed by atoms with E-state index in [0.717, 1.165) is 55.6 Å². The molecular formula is C22H30Cl2N2O4S. The van der Waals surface area contributed by atoms with Crippen LogP contribution in [0.1, 0.15) is 41.6 Å². The van der Waals surface area contributed by atoms with E-state index in [4.69, 9.17) is 16.3 Å². The fourth-order valence-electron chi connectivity index (χ4n) is 3.07. The molecule has 0 aliphatic rings. The summed E-state index contributed by atoms with van der Waals surface area (Å²) in [6.45, 7) is 1.76. The molecule has 0 radical (unpaired) electrons. The van der Waals surface area contributed by atoms with Crippen molar-refractivity contribution in [3.63, 3.8) is 0 Å². The molecule has 2 rings (SSSR count). The molecule has 0 spiro atoms. The van der Waals surface area contributed by atoms with Crippen LogP contribution in [-0.4, -0.2) is 40.7 Å². The van der Waals surface area contributed by atoms with Gasteiger partial charge in [-0.15, -0.1) is 12.4 Å². The number of ketones is 1. The van der Waals surface area contributed by atoms with Crippen LogP contribution in [0.15, 0.2) is 42.5 Å². The molecule has 0 atom stereocenters. The second-order valence-corrected chi connectivity index (χ2v) is 9.27. The van der Waals surface area contributed by atoms with Crippen molar-refractivity contribution >= 4 is 45.5 Å². The number of carbonyl (C=O) groups is 1. The average Bonchev–Trinajstić information content (AvgIpc) is 2.69. The second-order valence-electron chi connectivity index (χ2n) is 7.11. The van der Waals surface area contributed by atoms with Gasteiger partial charge >= 0.3 is 0 Å². The summed E-state index contributed by atoms with van der Waals surface area (Å²) in [5, 5.41) is 4.20. The molecule has 0 aliphatic carbocycles. The van der Waals surface area contributed by atoms with E-state index in [1.807, 2.05) is 24.3 Å². The molecule has 0 fully saturated rings. The number of methoxy groups -OCH3 is 1. The van der Waals surface area contributed by atoms with Gasteiger partial charge in [-0.05, 0) is 62.2 Å². The van der Waals surface area contributed by atoms with Gasteiger partial charge in [-0.3, -0.25) is 9.52 Å². The molecular weight excluding hydrogens is 459 g/mol. The minimum Gasteiger partial charge on any atom is -0.495 e. The third-order valence-corrected chi connectivity index (χ3v) is 5.56. The predicted molar refractivity (Wildman–Crippen MR) is 130 cm³/mol. The largest absolute Gasteiger partial charge is 0.495 e. The fraction of sp³-hybridized carbons (Fsp3) is 0.409. The van der Waals surface area contributed by atoms with Crippen LogP contribution >= 0.6 is 24.0 Å². The Kier molecular flexibility index (Phi) is 11.9. The van der Waals surface area contributed by atoms with Gasteiger partial charge in [0.1, 0.15) is 5.75 Å². The standard InChI is InChI=1S/C22H29ClN2O4S.ClH/c1-29-22-12-11-18(16-20(22)25-30(2,27)28)21(26)10-4-3-7-14-24-15-13-17-8-5-6-9-19(17)23;/h5-6,8-9,11-12,16,24-25H,3-4,7,10,13-15H2,1-2H3;1H. The fourth-order valence-corrected chi connectivity index (χ4v) is 3.86. The van der Waals surface area contributed by atoms with Gasteiger partial charge < -0.3 is 10.1 Å². The lowest BCUT2D eigenvalue weighted by atomic mass is 10.0. The normalized spacial score (nSPS) is 10.9. The highest BCUT2D eigenvalue weighted by molar-refractivity contribution is 7.92. The van der Waals surface area contributed by atoms with Crippen molar-refractivity contribution in [1.82, 2.24) is 5.32 Å². The molecule has 0 amide bonds. The van der Waals surface area contributed by atoms with Crippen LogP contribution in [0.5, 0.6) is 5.75 Å². The lowest BCUT2D eigenvalue weighted by Gasteiger charge is -2.11. The van der Waals surface area contributed by atoms with Crippen molar-refractivity contribution < 1.29 is 17.9 Å². The summed E-state index contributed by atoms with van der Waals surface area (Å²) in [7, 11) is -2.01. The van der Waals surface area contributed by atoms with Gasteiger partial charge in [0.15, 0.2) is 5.78 Å². The number of hydrogen-bond acceptors (Lipinski definition) is 5. The van der Waals surface area contributed by atoms with Crippen LogP contribution in [0, 0.1) is 0 Å². The molecule has 0 aliphatic heterocycles. The number of rotatable bonds is 13. The van der Waals surface area contributed by atoms with Crippen LogP contribution in [0.2, 0.25) is 5.02 Å². The number of halogens is 2. The number of carbonyl (C=O) groups excluding carboxylic acids is 1. The first-order valence-corrected chi connectivity index (χ1v) is 12.2. The Morgan fingerprint density at radius 3 is 2.48 bits per heavy atom. The molecule has 2 aromatic rings. The number of hydrogen-bond donors (Lipinski definition) is 2. The van der Waals surface area contributed by atoms with E-state index < -0.39 is 10.0 Å². The minimum atomic E-state index is -3.46. The molecule has 0 saturated carbocycles. The van der Waals surface area contributed by atoms with Crippen molar-refractivity contribution in [1.29, 1.82) is 0 Å². The Morgan fingerprint density at radius 2 is 1.81 bits per heavy atom. The lowest BCUT2D eigenvalue weighted by Crippen LogP contribution is -2.18. The van der Waals surface area contributed by atoms with Gasteiger partial charge in [0.05, 0.1) is 19.1 Å². The number of sulfonamides is 1. The smallest absolute Gasteiger partial charge is 0.229 e. The highest BCUT2D eigenvalue weighted by Crippen LogP contribution is 2.27. The first-order chi connectivity index (χ1) is 14.3. The number of anilines is 1. The van der Waals surface area contributed by atoms with Crippen molar-refractivity contribution in [2.24, 2.45) is 0 Å². The maximum absolute atomic E-state index is 12.4. The van der Waals surface area contributed by atoms with E-state index >= 15 is 0 Å². The number of Topliss-reactive ketones (excluding diaryl/α,β-unsaturated/α-hetero) is 1. The number of benzene rings is 2. The highest BCUT2D eigenvalue weighted by Gasteiger charge is 2.13. The second kappa shape index (κ2) is 13.6. The summed E-state index contributed by atoms with van der Waals surface area (Å²) in [5.41, 5.74) is 1.88. The van der Waals surface area contributed by atoms with Gasteiger partial charge in [-0.25, -0.2) is 8.42 Å². The summed E-state index contributed by atoms with van der Waals surface area (Å²) in [6.07, 6.45) is 5.08. The Hall–Kier alpha value is -1.80. The molecule has 0 aromatic heterocycles. The van der Waals surface area contributed by atoms with E-state index in [0.29, 0.717) is 17.7 Å². The highest BCUT2D eigenvalue weighted by atomic mass is 35.5. The molecule has 6 nitrogen and oxygen atoms in total. The van der Waals surface area contributed by atoms with Crippen LogP contribution in [0.3, 0.4) is 0 Å². The number of unbranched alkanes of at least 4 members (excludes halogenated alkanes) is 2. The molecule has 31 heavy (non-hydrogen) atoms. The Labute approximate surface area is 196 Å². The molecule has 2 aromatic carbocycles. The Bertz CT molecular complexity index is 952. The van der Waals surface area contributed by atoms with E-state index in [9.17, 15) is 13.2 Å². The average molecular weight is 489 g/mol. The first-order valence-electron chi connectivity index (χ1n) is 9.93. The first kappa shape index (κ1) is 27.2. The molecule has 172 valence electrons. The van der Waals surface area contributed by atoms with E-state index in [-0.39, 0.29) is 23.9 Å². The number of nitrogens with one attached hydrogen (secondary N) is 2. The minimum absolute atomic E-state index is 0. The maximum atomic E-state index is 12.4.